The Labute approximate surface area is 96.2 Å². The highest BCUT2D eigenvalue weighted by atomic mass is 16.3. The zero-order chi connectivity index (χ0) is 11.8. The zero-order valence-electron chi connectivity index (χ0n) is 9.74. The van der Waals surface area contributed by atoms with Crippen molar-refractivity contribution >= 4 is 5.91 Å². The average molecular weight is 224 g/mol. The molecule has 1 aromatic rings. The highest BCUT2D eigenvalue weighted by Crippen LogP contribution is 2.09. The van der Waals surface area contributed by atoms with Crippen LogP contribution in [0.15, 0.2) is 22.8 Å². The Morgan fingerprint density at radius 2 is 2.38 bits per heavy atom. The third-order valence-electron chi connectivity index (χ3n) is 2.57. The van der Waals surface area contributed by atoms with E-state index in [4.69, 9.17) is 10.2 Å². The van der Waals surface area contributed by atoms with Crippen LogP contribution in [0.5, 0.6) is 0 Å². The fraction of sp³-hybridized carbons (Fsp3) is 0.583. The van der Waals surface area contributed by atoms with E-state index in [0.717, 1.165) is 19.3 Å². The minimum Gasteiger partial charge on any atom is -0.459 e. The standard InChI is InChI=1S/C12H20N2O2/c1-2-4-10(6-7-13)9-14-12(15)11-5-3-8-16-11/h3,5,8,10H,2,4,6-7,9,13H2,1H3,(H,14,15). The van der Waals surface area contributed by atoms with Crippen molar-refractivity contribution in [2.75, 3.05) is 13.1 Å². The van der Waals surface area contributed by atoms with Gasteiger partial charge in [-0.2, -0.15) is 0 Å². The molecule has 1 aromatic heterocycles. The minimum atomic E-state index is -0.150. The summed E-state index contributed by atoms with van der Waals surface area (Å²) in [4.78, 5) is 11.6. The zero-order valence-corrected chi connectivity index (χ0v) is 9.74. The van der Waals surface area contributed by atoms with Crippen LogP contribution in [0.2, 0.25) is 0 Å². The quantitative estimate of drug-likeness (QED) is 0.741. The molecular weight excluding hydrogens is 204 g/mol. The number of furan rings is 1. The molecule has 1 unspecified atom stereocenters. The van der Waals surface area contributed by atoms with Crippen LogP contribution in [0.3, 0.4) is 0 Å². The van der Waals surface area contributed by atoms with Gasteiger partial charge in [-0.15, -0.1) is 0 Å². The van der Waals surface area contributed by atoms with E-state index in [9.17, 15) is 4.79 Å². The van der Waals surface area contributed by atoms with Crippen LogP contribution >= 0.6 is 0 Å². The van der Waals surface area contributed by atoms with Crippen molar-refractivity contribution in [3.63, 3.8) is 0 Å². The SMILES string of the molecule is CCCC(CCN)CNC(=O)c1ccco1. The maximum absolute atomic E-state index is 11.6. The molecule has 0 saturated heterocycles. The molecule has 90 valence electrons. The number of nitrogens with one attached hydrogen (secondary N) is 1. The number of carbonyl (C=O) groups excluding carboxylic acids is 1. The van der Waals surface area contributed by atoms with Crippen molar-refractivity contribution in [3.05, 3.63) is 24.2 Å². The maximum atomic E-state index is 11.6. The van der Waals surface area contributed by atoms with E-state index in [1.54, 1.807) is 12.1 Å². The molecule has 0 spiro atoms. The lowest BCUT2D eigenvalue weighted by atomic mass is 10.00. The average Bonchev–Trinajstić information content (AvgIpc) is 2.79. The molecule has 1 rings (SSSR count). The highest BCUT2D eigenvalue weighted by molar-refractivity contribution is 5.91. The highest BCUT2D eigenvalue weighted by Gasteiger charge is 2.11. The van der Waals surface area contributed by atoms with Crippen LogP contribution < -0.4 is 11.1 Å². The molecule has 16 heavy (non-hydrogen) atoms. The van der Waals surface area contributed by atoms with E-state index < -0.39 is 0 Å². The second-order valence-electron chi connectivity index (χ2n) is 3.92. The van der Waals surface area contributed by atoms with E-state index in [1.807, 2.05) is 0 Å². The molecule has 1 amide bonds. The molecule has 0 aromatic carbocycles. The fourth-order valence-corrected chi connectivity index (χ4v) is 1.72. The Balaban J connectivity index is 2.34. The molecule has 3 N–H and O–H groups in total. The third kappa shape index (κ3) is 4.06. The fourth-order valence-electron chi connectivity index (χ4n) is 1.72. The summed E-state index contributed by atoms with van der Waals surface area (Å²) in [6, 6.07) is 3.37. The number of amides is 1. The van der Waals surface area contributed by atoms with Gasteiger partial charge >= 0.3 is 0 Å². The molecule has 0 aliphatic rings. The van der Waals surface area contributed by atoms with Crippen molar-refractivity contribution in [2.45, 2.75) is 26.2 Å². The molecule has 0 bridgehead atoms. The van der Waals surface area contributed by atoms with Crippen molar-refractivity contribution in [3.8, 4) is 0 Å². The van der Waals surface area contributed by atoms with Gasteiger partial charge < -0.3 is 15.5 Å². The summed E-state index contributed by atoms with van der Waals surface area (Å²) >= 11 is 0. The van der Waals surface area contributed by atoms with E-state index >= 15 is 0 Å². The summed E-state index contributed by atoms with van der Waals surface area (Å²) in [6.07, 6.45) is 4.65. The van der Waals surface area contributed by atoms with Crippen molar-refractivity contribution in [2.24, 2.45) is 11.7 Å². The Hall–Kier alpha value is -1.29. The van der Waals surface area contributed by atoms with E-state index in [-0.39, 0.29) is 5.91 Å². The smallest absolute Gasteiger partial charge is 0.286 e. The molecule has 0 radical (unpaired) electrons. The van der Waals surface area contributed by atoms with Crippen molar-refractivity contribution in [1.29, 1.82) is 0 Å². The van der Waals surface area contributed by atoms with E-state index in [0.29, 0.717) is 24.8 Å². The Bertz CT molecular complexity index is 290. The van der Waals surface area contributed by atoms with Gasteiger partial charge in [-0.05, 0) is 37.4 Å². The molecule has 0 aliphatic carbocycles. The Morgan fingerprint density at radius 1 is 1.56 bits per heavy atom. The summed E-state index contributed by atoms with van der Waals surface area (Å²) in [5.74, 6) is 0.681. The normalized spacial score (nSPS) is 12.4. The second kappa shape index (κ2) is 7.06. The lowest BCUT2D eigenvalue weighted by Crippen LogP contribution is -2.30. The van der Waals surface area contributed by atoms with Crippen LogP contribution in [0.25, 0.3) is 0 Å². The number of hydrogen-bond acceptors (Lipinski definition) is 3. The maximum Gasteiger partial charge on any atom is 0.286 e. The lowest BCUT2D eigenvalue weighted by Gasteiger charge is -2.15. The van der Waals surface area contributed by atoms with Crippen molar-refractivity contribution in [1.82, 2.24) is 5.32 Å². The Morgan fingerprint density at radius 3 is 2.94 bits per heavy atom. The molecule has 0 saturated carbocycles. The van der Waals surface area contributed by atoms with Gasteiger partial charge in [0.25, 0.3) is 5.91 Å². The summed E-state index contributed by atoms with van der Waals surface area (Å²) in [7, 11) is 0. The molecular formula is C12H20N2O2. The van der Waals surface area contributed by atoms with E-state index in [1.165, 1.54) is 6.26 Å². The van der Waals surface area contributed by atoms with Crippen LogP contribution in [0, 0.1) is 5.92 Å². The molecule has 4 nitrogen and oxygen atoms in total. The van der Waals surface area contributed by atoms with Gasteiger partial charge in [0.15, 0.2) is 5.76 Å². The van der Waals surface area contributed by atoms with Crippen molar-refractivity contribution < 1.29 is 9.21 Å². The molecule has 0 aliphatic heterocycles. The van der Waals surface area contributed by atoms with E-state index in [2.05, 4.69) is 12.2 Å². The van der Waals surface area contributed by atoms with Gasteiger partial charge in [0.1, 0.15) is 0 Å². The minimum absolute atomic E-state index is 0.150. The van der Waals surface area contributed by atoms with Gasteiger partial charge in [0.2, 0.25) is 0 Å². The topological polar surface area (TPSA) is 68.3 Å². The summed E-state index contributed by atoms with van der Waals surface area (Å²) in [6.45, 7) is 3.48. The van der Waals surface area contributed by atoms with Crippen LogP contribution in [0.4, 0.5) is 0 Å². The number of hydrogen-bond donors (Lipinski definition) is 2. The van der Waals surface area contributed by atoms with Gasteiger partial charge in [-0.3, -0.25) is 4.79 Å². The van der Waals surface area contributed by atoms with Crippen LogP contribution in [-0.2, 0) is 0 Å². The predicted molar refractivity (Wildman–Crippen MR) is 63.1 cm³/mol. The van der Waals surface area contributed by atoms with Gasteiger partial charge in [0, 0.05) is 6.54 Å². The first-order chi connectivity index (χ1) is 7.77. The van der Waals surface area contributed by atoms with Gasteiger partial charge in [0.05, 0.1) is 6.26 Å². The van der Waals surface area contributed by atoms with Gasteiger partial charge in [-0.25, -0.2) is 0 Å². The lowest BCUT2D eigenvalue weighted by molar-refractivity contribution is 0.0918. The first-order valence-electron chi connectivity index (χ1n) is 5.79. The van der Waals surface area contributed by atoms with Crippen LogP contribution in [-0.4, -0.2) is 19.0 Å². The summed E-state index contributed by atoms with van der Waals surface area (Å²) < 4.78 is 5.01. The summed E-state index contributed by atoms with van der Waals surface area (Å²) in [5, 5.41) is 2.87. The second-order valence-corrected chi connectivity index (χ2v) is 3.92. The summed E-state index contributed by atoms with van der Waals surface area (Å²) in [5.41, 5.74) is 5.53. The third-order valence-corrected chi connectivity index (χ3v) is 2.57. The van der Waals surface area contributed by atoms with Gasteiger partial charge in [-0.1, -0.05) is 13.3 Å². The molecule has 0 fully saturated rings. The predicted octanol–water partition coefficient (Wildman–Crippen LogP) is 1.77. The first-order valence-corrected chi connectivity index (χ1v) is 5.79. The molecule has 4 heteroatoms. The largest absolute Gasteiger partial charge is 0.459 e. The first kappa shape index (κ1) is 12.8. The Kier molecular flexibility index (Phi) is 5.64. The van der Waals surface area contributed by atoms with Crippen LogP contribution in [0.1, 0.15) is 36.7 Å². The molecule has 1 atom stereocenters. The number of rotatable bonds is 7. The number of carbonyl (C=O) groups is 1. The molecule has 1 heterocycles. The monoisotopic (exact) mass is 224 g/mol. The number of nitrogens with two attached hydrogens (primary N) is 1.